The van der Waals surface area contributed by atoms with Crippen molar-refractivity contribution in [3.63, 3.8) is 0 Å². The molecule has 0 saturated heterocycles. The van der Waals surface area contributed by atoms with Crippen LogP contribution in [0.15, 0.2) is 12.1 Å². The maximum atomic E-state index is 14.2. The van der Waals surface area contributed by atoms with Crippen molar-refractivity contribution in [1.29, 1.82) is 0 Å². The number of benzene rings is 1. The zero-order chi connectivity index (χ0) is 15.5. The number of methoxy groups -OCH3 is 2. The van der Waals surface area contributed by atoms with Crippen LogP contribution in [0.25, 0.3) is 0 Å². The Morgan fingerprint density at radius 3 is 2.30 bits per heavy atom. The molecule has 0 heterocycles. The molecule has 0 amide bonds. The predicted octanol–water partition coefficient (Wildman–Crippen LogP) is 2.38. The van der Waals surface area contributed by atoms with Crippen LogP contribution in [0.1, 0.15) is 37.4 Å². The molecule has 0 aromatic heterocycles. The second-order valence-electron chi connectivity index (χ2n) is 4.97. The Morgan fingerprint density at radius 2 is 1.90 bits per heavy atom. The van der Waals surface area contributed by atoms with E-state index >= 15 is 0 Å². The summed E-state index contributed by atoms with van der Waals surface area (Å²) < 4.78 is 24.6. The fraction of sp³-hybridized carbons (Fsp3) is 0.500. The van der Waals surface area contributed by atoms with Gasteiger partial charge in [0.25, 0.3) is 0 Å². The Kier molecular flexibility index (Phi) is 4.94. The number of nitrogens with two attached hydrogens (primary N) is 1. The van der Waals surface area contributed by atoms with Gasteiger partial charge in [0.2, 0.25) is 0 Å². The normalized spacial score (nSPS) is 12.9. The van der Waals surface area contributed by atoms with Crippen molar-refractivity contribution in [1.82, 2.24) is 0 Å². The van der Waals surface area contributed by atoms with Crippen molar-refractivity contribution in [3.05, 3.63) is 23.3 Å². The van der Waals surface area contributed by atoms with Crippen LogP contribution in [-0.2, 0) is 10.5 Å². The lowest BCUT2D eigenvalue weighted by Gasteiger charge is -2.23. The van der Waals surface area contributed by atoms with Gasteiger partial charge in [0.15, 0.2) is 0 Å². The molecule has 6 heteroatoms. The molecule has 3 N–H and O–H groups in total. The first-order valence-corrected chi connectivity index (χ1v) is 6.13. The Hall–Kier alpha value is -1.82. The van der Waals surface area contributed by atoms with E-state index in [-0.39, 0.29) is 6.42 Å². The Morgan fingerprint density at radius 1 is 1.35 bits per heavy atom. The van der Waals surface area contributed by atoms with Gasteiger partial charge in [-0.2, -0.15) is 0 Å². The van der Waals surface area contributed by atoms with Gasteiger partial charge in [-0.15, -0.1) is 0 Å². The van der Waals surface area contributed by atoms with Crippen LogP contribution in [0.3, 0.4) is 0 Å². The Balaban J connectivity index is 3.39. The summed E-state index contributed by atoms with van der Waals surface area (Å²) in [7, 11) is 2.87. The van der Waals surface area contributed by atoms with Gasteiger partial charge >= 0.3 is 5.97 Å². The van der Waals surface area contributed by atoms with Crippen LogP contribution < -0.4 is 15.2 Å². The third-order valence-electron chi connectivity index (χ3n) is 2.99. The van der Waals surface area contributed by atoms with E-state index in [1.54, 1.807) is 0 Å². The third kappa shape index (κ3) is 3.60. The Bertz CT molecular complexity index is 497. The molecule has 1 aromatic carbocycles. The number of alkyl halides is 1. The zero-order valence-corrected chi connectivity index (χ0v) is 12.1. The van der Waals surface area contributed by atoms with Gasteiger partial charge in [-0.05, 0) is 19.9 Å². The van der Waals surface area contributed by atoms with Crippen molar-refractivity contribution in [2.75, 3.05) is 14.2 Å². The van der Waals surface area contributed by atoms with E-state index in [9.17, 15) is 9.18 Å². The topological polar surface area (TPSA) is 81.8 Å². The third-order valence-corrected chi connectivity index (χ3v) is 2.99. The molecule has 0 saturated carbocycles. The van der Waals surface area contributed by atoms with Gasteiger partial charge in [0.05, 0.1) is 20.6 Å². The first-order valence-electron chi connectivity index (χ1n) is 6.13. The molecule has 5 nitrogen and oxygen atoms in total. The van der Waals surface area contributed by atoms with Crippen molar-refractivity contribution < 1.29 is 23.8 Å². The largest absolute Gasteiger partial charge is 0.496 e. The lowest BCUT2D eigenvalue weighted by molar-refractivity contribution is -0.137. The van der Waals surface area contributed by atoms with Crippen LogP contribution in [0, 0.1) is 0 Å². The van der Waals surface area contributed by atoms with E-state index in [4.69, 9.17) is 20.3 Å². The van der Waals surface area contributed by atoms with Crippen molar-refractivity contribution >= 4 is 5.97 Å². The number of aliphatic carboxylic acids is 1. The van der Waals surface area contributed by atoms with Crippen molar-refractivity contribution in [3.8, 4) is 11.5 Å². The van der Waals surface area contributed by atoms with E-state index in [1.165, 1.54) is 40.2 Å². The van der Waals surface area contributed by atoms with E-state index in [0.29, 0.717) is 22.6 Å². The van der Waals surface area contributed by atoms with Crippen molar-refractivity contribution in [2.45, 2.75) is 32.0 Å². The number of rotatable bonds is 6. The van der Waals surface area contributed by atoms with E-state index in [1.807, 2.05) is 0 Å². The summed E-state index contributed by atoms with van der Waals surface area (Å²) in [5.41, 5.74) is 4.95. The highest BCUT2D eigenvalue weighted by atomic mass is 19.1. The number of halogens is 1. The molecule has 0 spiro atoms. The van der Waals surface area contributed by atoms with Crippen LogP contribution in [0.5, 0.6) is 11.5 Å². The van der Waals surface area contributed by atoms with E-state index < -0.39 is 17.7 Å². The number of hydrogen-bond acceptors (Lipinski definition) is 4. The molecule has 0 fully saturated rings. The molecule has 1 aromatic rings. The first kappa shape index (κ1) is 16.2. The van der Waals surface area contributed by atoms with E-state index in [0.717, 1.165) is 0 Å². The van der Waals surface area contributed by atoms with Gasteiger partial charge in [-0.25, -0.2) is 4.39 Å². The van der Waals surface area contributed by atoms with Gasteiger partial charge in [0.1, 0.15) is 17.2 Å². The second-order valence-corrected chi connectivity index (χ2v) is 4.97. The standard InChI is InChI=1S/C14H20FNO4/c1-14(2,15)9-5-8(10(16)6-13(17)18)11(19-3)7-12(9)20-4/h5,7,10H,6,16H2,1-4H3,(H,17,18). The van der Waals surface area contributed by atoms with Crippen LogP contribution in [-0.4, -0.2) is 25.3 Å². The maximum absolute atomic E-state index is 14.2. The average Bonchev–Trinajstić information content (AvgIpc) is 2.34. The molecule has 1 unspecified atom stereocenters. The summed E-state index contributed by atoms with van der Waals surface area (Å²) in [5, 5.41) is 8.82. The molecular formula is C14H20FNO4. The SMILES string of the molecule is COc1cc(OC)c(C(C)(C)F)cc1C(N)CC(=O)O. The monoisotopic (exact) mass is 285 g/mol. The lowest BCUT2D eigenvalue weighted by Crippen LogP contribution is -2.18. The summed E-state index contributed by atoms with van der Waals surface area (Å²) in [5.74, 6) is -0.319. The summed E-state index contributed by atoms with van der Waals surface area (Å²) in [6.45, 7) is 2.79. The fourth-order valence-electron chi connectivity index (χ4n) is 1.98. The van der Waals surface area contributed by atoms with Gasteiger partial charge in [-0.3, -0.25) is 4.79 Å². The Labute approximate surface area is 117 Å². The molecule has 0 aliphatic rings. The molecule has 0 aliphatic heterocycles. The van der Waals surface area contributed by atoms with Gasteiger partial charge in [0, 0.05) is 23.2 Å². The predicted molar refractivity (Wildman–Crippen MR) is 72.9 cm³/mol. The molecule has 20 heavy (non-hydrogen) atoms. The molecular weight excluding hydrogens is 265 g/mol. The highest BCUT2D eigenvalue weighted by molar-refractivity contribution is 5.68. The average molecular weight is 285 g/mol. The number of ether oxygens (including phenoxy) is 2. The quantitative estimate of drug-likeness (QED) is 0.838. The number of carbonyl (C=O) groups is 1. The minimum absolute atomic E-state index is 0.269. The summed E-state index contributed by atoms with van der Waals surface area (Å²) in [4.78, 5) is 10.8. The fourth-order valence-corrected chi connectivity index (χ4v) is 1.98. The minimum Gasteiger partial charge on any atom is -0.496 e. The molecule has 0 aliphatic carbocycles. The van der Waals surface area contributed by atoms with E-state index in [2.05, 4.69) is 0 Å². The first-order chi connectivity index (χ1) is 9.20. The molecule has 1 rings (SSSR count). The number of hydrogen-bond donors (Lipinski definition) is 2. The number of carboxylic acids is 1. The molecule has 1 atom stereocenters. The maximum Gasteiger partial charge on any atom is 0.305 e. The summed E-state index contributed by atoms with van der Waals surface area (Å²) >= 11 is 0. The minimum atomic E-state index is -1.64. The number of carboxylic acid groups (broad SMARTS) is 1. The van der Waals surface area contributed by atoms with Gasteiger partial charge < -0.3 is 20.3 Å². The molecule has 0 radical (unpaired) electrons. The lowest BCUT2D eigenvalue weighted by atomic mass is 9.93. The van der Waals surface area contributed by atoms with Gasteiger partial charge in [-0.1, -0.05) is 0 Å². The second kappa shape index (κ2) is 6.09. The van der Waals surface area contributed by atoms with Crippen LogP contribution in [0.2, 0.25) is 0 Å². The van der Waals surface area contributed by atoms with Crippen LogP contribution in [0.4, 0.5) is 4.39 Å². The molecule has 0 bridgehead atoms. The highest BCUT2D eigenvalue weighted by Crippen LogP contribution is 2.39. The molecule has 112 valence electrons. The summed E-state index contributed by atoms with van der Waals surface area (Å²) in [6, 6.07) is 2.24. The smallest absolute Gasteiger partial charge is 0.305 e. The van der Waals surface area contributed by atoms with Crippen molar-refractivity contribution in [2.24, 2.45) is 5.73 Å². The highest BCUT2D eigenvalue weighted by Gasteiger charge is 2.27. The van der Waals surface area contributed by atoms with Crippen LogP contribution >= 0.6 is 0 Å². The summed E-state index contributed by atoms with van der Waals surface area (Å²) in [6.07, 6.45) is -0.269. The zero-order valence-electron chi connectivity index (χ0n) is 12.1.